The fourth-order valence-electron chi connectivity index (χ4n) is 4.10. The molecule has 0 saturated carbocycles. The van der Waals surface area contributed by atoms with Gasteiger partial charge in [0, 0.05) is 44.9 Å². The number of hydrogen-bond donors (Lipinski definition) is 1. The van der Waals surface area contributed by atoms with Gasteiger partial charge in [0.05, 0.1) is 18.2 Å². The van der Waals surface area contributed by atoms with Crippen molar-refractivity contribution in [3.63, 3.8) is 0 Å². The summed E-state index contributed by atoms with van der Waals surface area (Å²) < 4.78 is 13.7. The molecule has 0 aliphatic carbocycles. The number of nitrogens with zero attached hydrogens (tertiary/aromatic N) is 2. The molecule has 1 unspecified atom stereocenters. The molecule has 0 radical (unpaired) electrons. The van der Waals surface area contributed by atoms with E-state index in [4.69, 9.17) is 9.47 Å². The number of carbonyl (C=O) groups excluding carboxylic acids is 1. The molecule has 2 fully saturated rings. The highest BCUT2D eigenvalue weighted by atomic mass is 16.5. The lowest BCUT2D eigenvalue weighted by Gasteiger charge is -2.34. The number of rotatable bonds is 6. The number of carbonyl (C=O) groups is 1. The second-order valence-corrected chi connectivity index (χ2v) is 7.14. The zero-order chi connectivity index (χ0) is 17.9. The maximum Gasteiger partial charge on any atom is 0.237 e. The zero-order valence-electron chi connectivity index (χ0n) is 15.3. The van der Waals surface area contributed by atoms with E-state index in [9.17, 15) is 4.79 Å². The van der Waals surface area contributed by atoms with Gasteiger partial charge in [-0.15, -0.1) is 0 Å². The van der Waals surface area contributed by atoms with Crippen LogP contribution in [0.25, 0.3) is 10.9 Å². The number of benzene rings is 1. The third kappa shape index (κ3) is 3.44. The van der Waals surface area contributed by atoms with Gasteiger partial charge in [0.2, 0.25) is 5.91 Å². The Kier molecular flexibility index (Phi) is 5.13. The number of likely N-dealkylation sites (tertiary alicyclic amines) is 1. The van der Waals surface area contributed by atoms with Crippen molar-refractivity contribution in [3.05, 3.63) is 30.5 Å². The molecule has 26 heavy (non-hydrogen) atoms. The van der Waals surface area contributed by atoms with Crippen molar-refractivity contribution in [2.75, 3.05) is 33.4 Å². The number of ether oxygens (including phenoxy) is 2. The Morgan fingerprint density at radius 3 is 2.77 bits per heavy atom. The molecule has 1 atom stereocenters. The molecule has 4 rings (SSSR count). The van der Waals surface area contributed by atoms with Gasteiger partial charge in [0.25, 0.3) is 0 Å². The number of aromatic nitrogens is 1. The summed E-state index contributed by atoms with van der Waals surface area (Å²) in [5, 5.41) is 4.09. The Hall–Kier alpha value is -2.05. The van der Waals surface area contributed by atoms with Crippen LogP contribution in [0.5, 0.6) is 5.75 Å². The summed E-state index contributed by atoms with van der Waals surface area (Å²) in [7, 11) is 1.72. The monoisotopic (exact) mass is 357 g/mol. The molecule has 2 aromatic rings. The van der Waals surface area contributed by atoms with Crippen molar-refractivity contribution in [1.29, 1.82) is 0 Å². The van der Waals surface area contributed by atoms with E-state index in [0.717, 1.165) is 56.6 Å². The van der Waals surface area contributed by atoms with E-state index < -0.39 is 0 Å². The highest BCUT2D eigenvalue weighted by molar-refractivity contribution is 5.86. The van der Waals surface area contributed by atoms with Crippen molar-refractivity contribution >= 4 is 16.8 Å². The third-order valence-electron chi connectivity index (χ3n) is 5.54. The van der Waals surface area contributed by atoms with Crippen LogP contribution in [0, 0.1) is 0 Å². The van der Waals surface area contributed by atoms with Crippen LogP contribution in [0.2, 0.25) is 0 Å². The van der Waals surface area contributed by atoms with Gasteiger partial charge < -0.3 is 19.4 Å². The highest BCUT2D eigenvalue weighted by Crippen LogP contribution is 2.29. The lowest BCUT2D eigenvalue weighted by molar-refractivity contribution is -0.124. The molecule has 2 saturated heterocycles. The van der Waals surface area contributed by atoms with Crippen molar-refractivity contribution in [1.82, 2.24) is 14.8 Å². The average molecular weight is 357 g/mol. The van der Waals surface area contributed by atoms with E-state index in [2.05, 4.69) is 45.2 Å². The molecule has 3 heterocycles. The van der Waals surface area contributed by atoms with E-state index in [0.29, 0.717) is 6.61 Å². The number of nitrogens with one attached hydrogen (secondary N) is 1. The van der Waals surface area contributed by atoms with Gasteiger partial charge in [-0.3, -0.25) is 9.69 Å². The number of methoxy groups -OCH3 is 1. The Morgan fingerprint density at radius 2 is 2.04 bits per heavy atom. The molecule has 1 amide bonds. The number of hydrogen-bond acceptors (Lipinski definition) is 4. The van der Waals surface area contributed by atoms with E-state index in [1.807, 2.05) is 0 Å². The SMILES string of the molecule is COCCn1ccc2c(OC3CCN(C4CCNC4=O)CC3)cccc21. The Bertz CT molecular complexity index is 765. The minimum Gasteiger partial charge on any atom is -0.490 e. The van der Waals surface area contributed by atoms with Crippen LogP contribution in [0.4, 0.5) is 0 Å². The largest absolute Gasteiger partial charge is 0.490 e. The van der Waals surface area contributed by atoms with Gasteiger partial charge in [-0.1, -0.05) is 6.07 Å². The minimum absolute atomic E-state index is 0.0641. The molecule has 1 N–H and O–H groups in total. The number of amides is 1. The molecule has 2 aliphatic heterocycles. The van der Waals surface area contributed by atoms with Gasteiger partial charge in [-0.05, 0) is 37.5 Å². The summed E-state index contributed by atoms with van der Waals surface area (Å²) in [5.41, 5.74) is 1.18. The lowest BCUT2D eigenvalue weighted by atomic mass is 10.0. The number of piperidine rings is 1. The molecule has 1 aromatic heterocycles. The number of fused-ring (bicyclic) bond motifs is 1. The summed E-state index contributed by atoms with van der Waals surface area (Å²) in [4.78, 5) is 14.2. The van der Waals surface area contributed by atoms with Crippen LogP contribution in [-0.4, -0.2) is 60.9 Å². The summed E-state index contributed by atoms with van der Waals surface area (Å²) >= 11 is 0. The smallest absolute Gasteiger partial charge is 0.237 e. The fraction of sp³-hybridized carbons (Fsp3) is 0.550. The molecule has 0 spiro atoms. The van der Waals surface area contributed by atoms with Gasteiger partial charge >= 0.3 is 0 Å². The quantitative estimate of drug-likeness (QED) is 0.859. The van der Waals surface area contributed by atoms with Gasteiger partial charge in [-0.25, -0.2) is 0 Å². The summed E-state index contributed by atoms with van der Waals surface area (Å²) in [5.74, 6) is 1.14. The Balaban J connectivity index is 1.40. The predicted octanol–water partition coefficient (Wildman–Crippen LogP) is 2.02. The lowest BCUT2D eigenvalue weighted by Crippen LogP contribution is -2.47. The normalized spacial score (nSPS) is 22.0. The first-order valence-electron chi connectivity index (χ1n) is 9.51. The molecule has 1 aromatic carbocycles. The van der Waals surface area contributed by atoms with Crippen molar-refractivity contribution in [2.45, 2.75) is 38.0 Å². The van der Waals surface area contributed by atoms with Crippen molar-refractivity contribution in [2.24, 2.45) is 0 Å². The second kappa shape index (κ2) is 7.68. The molecule has 6 nitrogen and oxygen atoms in total. The topological polar surface area (TPSA) is 55.7 Å². The van der Waals surface area contributed by atoms with Gasteiger partial charge in [0.1, 0.15) is 11.9 Å². The minimum atomic E-state index is 0.0641. The molecular formula is C20H27N3O3. The maximum absolute atomic E-state index is 11.9. The van der Waals surface area contributed by atoms with Crippen LogP contribution in [-0.2, 0) is 16.1 Å². The molecule has 140 valence electrons. The zero-order valence-corrected chi connectivity index (χ0v) is 15.3. The van der Waals surface area contributed by atoms with E-state index in [1.54, 1.807) is 7.11 Å². The van der Waals surface area contributed by atoms with E-state index in [-0.39, 0.29) is 18.1 Å². The predicted molar refractivity (Wildman–Crippen MR) is 100 cm³/mol. The van der Waals surface area contributed by atoms with Crippen LogP contribution in [0.15, 0.2) is 30.5 Å². The summed E-state index contributed by atoms with van der Waals surface area (Å²) in [6, 6.07) is 8.42. The van der Waals surface area contributed by atoms with Gasteiger partial charge in [-0.2, -0.15) is 0 Å². The fourth-order valence-corrected chi connectivity index (χ4v) is 4.10. The maximum atomic E-state index is 11.9. The van der Waals surface area contributed by atoms with Crippen molar-refractivity contribution in [3.8, 4) is 5.75 Å². The molecular weight excluding hydrogens is 330 g/mol. The first-order valence-corrected chi connectivity index (χ1v) is 9.51. The standard InChI is InChI=1S/C20H27N3O3/c1-25-14-13-23-12-8-16-17(23)3-2-4-19(16)26-15-6-10-22(11-7-15)18-5-9-21-20(18)24/h2-4,8,12,15,18H,5-7,9-11,13-14H2,1H3,(H,21,24). The van der Waals surface area contributed by atoms with Crippen LogP contribution >= 0.6 is 0 Å². The Labute approximate surface area is 154 Å². The molecule has 0 bridgehead atoms. The first-order chi connectivity index (χ1) is 12.8. The molecule has 6 heteroatoms. The van der Waals surface area contributed by atoms with Crippen LogP contribution in [0.1, 0.15) is 19.3 Å². The summed E-state index contributed by atoms with van der Waals surface area (Å²) in [6.45, 7) is 4.19. The average Bonchev–Trinajstić information content (AvgIpc) is 3.27. The molecule has 2 aliphatic rings. The van der Waals surface area contributed by atoms with Crippen molar-refractivity contribution < 1.29 is 14.3 Å². The van der Waals surface area contributed by atoms with E-state index in [1.165, 1.54) is 5.52 Å². The second-order valence-electron chi connectivity index (χ2n) is 7.14. The summed E-state index contributed by atoms with van der Waals surface area (Å²) in [6.07, 6.45) is 5.16. The highest BCUT2D eigenvalue weighted by Gasteiger charge is 2.33. The first kappa shape index (κ1) is 17.4. The van der Waals surface area contributed by atoms with Crippen LogP contribution < -0.4 is 10.1 Å². The third-order valence-corrected chi connectivity index (χ3v) is 5.54. The van der Waals surface area contributed by atoms with Gasteiger partial charge in [0.15, 0.2) is 0 Å². The Morgan fingerprint density at radius 1 is 1.19 bits per heavy atom. The van der Waals surface area contributed by atoms with E-state index >= 15 is 0 Å². The van der Waals surface area contributed by atoms with Crippen LogP contribution in [0.3, 0.4) is 0 Å².